The number of carbonyl (C=O) groups excluding carboxylic acids is 1. The first-order valence-electron chi connectivity index (χ1n) is 2.17. The molecule has 0 saturated heterocycles. The van der Waals surface area contributed by atoms with Gasteiger partial charge in [0.05, 0.1) is 6.26 Å². The highest BCUT2D eigenvalue weighted by molar-refractivity contribution is 5.67. The maximum Gasteiger partial charge on any atom is 0.213 e. The number of hydrogen-bond acceptors (Lipinski definition) is 2. The highest BCUT2D eigenvalue weighted by Gasteiger charge is 1.86. The van der Waals surface area contributed by atoms with Crippen molar-refractivity contribution in [1.29, 1.82) is 0 Å². The largest absolute Gasteiger partial charge is 0.449 e. The molecule has 3 heteroatoms. The first-order chi connectivity index (χ1) is 3.93. The molecule has 0 fully saturated rings. The standard InChI is InChI=1S/C5H5NO2/c7-4-6-5-2-1-3-8-5/h1-4H,(H,6,7). The highest BCUT2D eigenvalue weighted by atomic mass is 16.3. The molecule has 0 aromatic carbocycles. The Morgan fingerprint density at radius 1 is 1.75 bits per heavy atom. The summed E-state index contributed by atoms with van der Waals surface area (Å²) in [4.78, 5) is 9.70. The summed E-state index contributed by atoms with van der Waals surface area (Å²) in [5.74, 6) is 0.472. The fourth-order valence-corrected chi connectivity index (χ4v) is 0.419. The van der Waals surface area contributed by atoms with E-state index in [9.17, 15) is 4.79 Å². The van der Waals surface area contributed by atoms with E-state index in [4.69, 9.17) is 4.42 Å². The first-order valence-corrected chi connectivity index (χ1v) is 2.17. The van der Waals surface area contributed by atoms with Crippen molar-refractivity contribution >= 4 is 12.3 Å². The number of rotatable bonds is 2. The topological polar surface area (TPSA) is 42.2 Å². The van der Waals surface area contributed by atoms with E-state index in [1.165, 1.54) is 6.26 Å². The van der Waals surface area contributed by atoms with Gasteiger partial charge in [0.15, 0.2) is 5.88 Å². The zero-order valence-corrected chi connectivity index (χ0v) is 4.13. The van der Waals surface area contributed by atoms with Gasteiger partial charge in [-0.15, -0.1) is 0 Å². The number of anilines is 1. The molecule has 1 heterocycles. The molecule has 1 aromatic rings. The third kappa shape index (κ3) is 0.872. The van der Waals surface area contributed by atoms with Gasteiger partial charge in [0.25, 0.3) is 0 Å². The molecule has 8 heavy (non-hydrogen) atoms. The molecule has 0 saturated carbocycles. The summed E-state index contributed by atoms with van der Waals surface area (Å²) in [5.41, 5.74) is 0. The van der Waals surface area contributed by atoms with Crippen molar-refractivity contribution < 1.29 is 9.21 Å². The minimum atomic E-state index is 0.472. The maximum atomic E-state index is 9.70. The number of hydrogen-bond donors (Lipinski definition) is 1. The lowest BCUT2D eigenvalue weighted by molar-refractivity contribution is -0.105. The monoisotopic (exact) mass is 111 g/mol. The van der Waals surface area contributed by atoms with Gasteiger partial charge in [0.2, 0.25) is 6.41 Å². The van der Waals surface area contributed by atoms with Crippen LogP contribution in [0.5, 0.6) is 0 Å². The molecule has 0 aliphatic carbocycles. The van der Waals surface area contributed by atoms with Gasteiger partial charge in [-0.25, -0.2) is 0 Å². The molecule has 0 bridgehead atoms. The second-order valence-electron chi connectivity index (χ2n) is 1.24. The van der Waals surface area contributed by atoms with Crippen molar-refractivity contribution in [3.05, 3.63) is 18.4 Å². The van der Waals surface area contributed by atoms with Crippen molar-refractivity contribution in [3.8, 4) is 0 Å². The Kier molecular flexibility index (Phi) is 1.32. The zero-order valence-electron chi connectivity index (χ0n) is 4.13. The van der Waals surface area contributed by atoms with Gasteiger partial charge in [-0.05, 0) is 6.07 Å². The second-order valence-corrected chi connectivity index (χ2v) is 1.24. The molecular weight excluding hydrogens is 106 g/mol. The Bertz CT molecular complexity index is 157. The van der Waals surface area contributed by atoms with Crippen LogP contribution in [-0.2, 0) is 4.79 Å². The Morgan fingerprint density at radius 3 is 3.12 bits per heavy atom. The summed E-state index contributed by atoms with van der Waals surface area (Å²) in [6.45, 7) is 0. The highest BCUT2D eigenvalue weighted by Crippen LogP contribution is 2.03. The van der Waals surface area contributed by atoms with Crippen LogP contribution < -0.4 is 5.32 Å². The summed E-state index contributed by atoms with van der Waals surface area (Å²) in [5, 5.41) is 2.34. The smallest absolute Gasteiger partial charge is 0.213 e. The lowest BCUT2D eigenvalue weighted by atomic mass is 10.6. The average Bonchev–Trinajstić information content (AvgIpc) is 2.19. The van der Waals surface area contributed by atoms with Crippen molar-refractivity contribution in [3.63, 3.8) is 0 Å². The van der Waals surface area contributed by atoms with E-state index in [0.29, 0.717) is 12.3 Å². The van der Waals surface area contributed by atoms with Crippen LogP contribution in [0, 0.1) is 0 Å². The van der Waals surface area contributed by atoms with Gasteiger partial charge >= 0.3 is 0 Å². The number of nitrogens with one attached hydrogen (secondary N) is 1. The maximum absolute atomic E-state index is 9.70. The van der Waals surface area contributed by atoms with E-state index < -0.39 is 0 Å². The van der Waals surface area contributed by atoms with Gasteiger partial charge in [-0.2, -0.15) is 0 Å². The predicted molar refractivity (Wildman–Crippen MR) is 28.4 cm³/mol. The van der Waals surface area contributed by atoms with Crippen LogP contribution >= 0.6 is 0 Å². The molecule has 0 atom stereocenters. The van der Waals surface area contributed by atoms with Gasteiger partial charge in [0.1, 0.15) is 0 Å². The molecule has 1 aromatic heterocycles. The van der Waals surface area contributed by atoms with E-state index in [1.54, 1.807) is 12.1 Å². The quantitative estimate of drug-likeness (QED) is 0.575. The minimum absolute atomic E-state index is 0.472. The van der Waals surface area contributed by atoms with Gasteiger partial charge in [0, 0.05) is 6.07 Å². The van der Waals surface area contributed by atoms with Gasteiger partial charge < -0.3 is 4.42 Å². The normalized spacial score (nSPS) is 8.50. The molecule has 0 spiro atoms. The molecule has 0 aliphatic rings. The van der Waals surface area contributed by atoms with Crippen LogP contribution in [0.1, 0.15) is 0 Å². The lowest BCUT2D eigenvalue weighted by Crippen LogP contribution is -1.89. The lowest BCUT2D eigenvalue weighted by Gasteiger charge is -1.84. The molecule has 0 unspecified atom stereocenters. The average molecular weight is 111 g/mol. The molecule has 3 nitrogen and oxygen atoms in total. The Labute approximate surface area is 46.3 Å². The van der Waals surface area contributed by atoms with E-state index in [1.807, 2.05) is 0 Å². The zero-order chi connectivity index (χ0) is 5.82. The van der Waals surface area contributed by atoms with Crippen molar-refractivity contribution in [2.75, 3.05) is 5.32 Å². The third-order valence-electron chi connectivity index (χ3n) is 0.722. The van der Waals surface area contributed by atoms with Crippen LogP contribution in [0.2, 0.25) is 0 Å². The number of carbonyl (C=O) groups is 1. The molecule has 0 aliphatic heterocycles. The molecule has 0 radical (unpaired) electrons. The minimum Gasteiger partial charge on any atom is -0.449 e. The molecular formula is C5H5NO2. The van der Waals surface area contributed by atoms with Crippen molar-refractivity contribution in [1.82, 2.24) is 0 Å². The Balaban J connectivity index is 2.62. The summed E-state index contributed by atoms with van der Waals surface area (Å²) in [7, 11) is 0. The summed E-state index contributed by atoms with van der Waals surface area (Å²) in [6, 6.07) is 3.36. The second kappa shape index (κ2) is 2.16. The van der Waals surface area contributed by atoms with Crippen molar-refractivity contribution in [2.45, 2.75) is 0 Å². The molecule has 1 amide bonds. The summed E-state index contributed by atoms with van der Waals surface area (Å²) < 4.78 is 4.73. The number of amides is 1. The Morgan fingerprint density at radius 2 is 2.62 bits per heavy atom. The third-order valence-corrected chi connectivity index (χ3v) is 0.722. The first kappa shape index (κ1) is 4.90. The van der Waals surface area contributed by atoms with Crippen molar-refractivity contribution in [2.24, 2.45) is 0 Å². The summed E-state index contributed by atoms with van der Waals surface area (Å²) in [6.07, 6.45) is 2.06. The fraction of sp³-hybridized carbons (Fsp3) is 0. The van der Waals surface area contributed by atoms with E-state index >= 15 is 0 Å². The number of furan rings is 1. The van der Waals surface area contributed by atoms with Gasteiger partial charge in [-0.1, -0.05) is 0 Å². The van der Waals surface area contributed by atoms with Crippen LogP contribution in [0.4, 0.5) is 5.88 Å². The van der Waals surface area contributed by atoms with E-state index in [2.05, 4.69) is 5.32 Å². The SMILES string of the molecule is O=CNc1ccco1. The Hall–Kier alpha value is -1.25. The molecule has 1 rings (SSSR count). The fourth-order valence-electron chi connectivity index (χ4n) is 0.419. The van der Waals surface area contributed by atoms with Crippen LogP contribution in [-0.4, -0.2) is 6.41 Å². The van der Waals surface area contributed by atoms with E-state index in [-0.39, 0.29) is 0 Å². The van der Waals surface area contributed by atoms with Crippen LogP contribution in [0.15, 0.2) is 22.8 Å². The van der Waals surface area contributed by atoms with Crippen LogP contribution in [0.3, 0.4) is 0 Å². The molecule has 42 valence electrons. The van der Waals surface area contributed by atoms with Crippen LogP contribution in [0.25, 0.3) is 0 Å². The predicted octanol–water partition coefficient (Wildman–Crippen LogP) is 0.848. The summed E-state index contributed by atoms with van der Waals surface area (Å²) >= 11 is 0. The molecule has 1 N–H and O–H groups in total. The van der Waals surface area contributed by atoms with E-state index in [0.717, 1.165) is 0 Å². The van der Waals surface area contributed by atoms with Gasteiger partial charge in [-0.3, -0.25) is 10.1 Å².